The monoisotopic (exact) mass is 621 g/mol. The quantitative estimate of drug-likeness (QED) is 0.391. The van der Waals surface area contributed by atoms with Crippen molar-refractivity contribution in [2.75, 3.05) is 33.4 Å². The Morgan fingerprint density at radius 3 is 2.38 bits per heavy atom. The number of methoxy groups -OCH3 is 1. The van der Waals surface area contributed by atoms with Gasteiger partial charge in [0.15, 0.2) is 0 Å². The highest BCUT2D eigenvalue weighted by molar-refractivity contribution is 5.95. The summed E-state index contributed by atoms with van der Waals surface area (Å²) >= 11 is 0. The van der Waals surface area contributed by atoms with Crippen molar-refractivity contribution < 1.29 is 33.4 Å². The zero-order valence-corrected chi connectivity index (χ0v) is 26.8. The Hall–Kier alpha value is -4.45. The molecule has 0 spiro atoms. The average Bonchev–Trinajstić information content (AvgIpc) is 3.26. The fourth-order valence-corrected chi connectivity index (χ4v) is 5.47. The van der Waals surface area contributed by atoms with Gasteiger partial charge < -0.3 is 34.6 Å². The van der Waals surface area contributed by atoms with Crippen LogP contribution in [0.4, 0.5) is 4.79 Å². The Balaban J connectivity index is 1.56. The number of aromatic nitrogens is 1. The van der Waals surface area contributed by atoms with Gasteiger partial charge >= 0.3 is 6.09 Å². The number of carbonyl (C=O) groups excluding carboxylic acids is 4. The third kappa shape index (κ3) is 8.18. The van der Waals surface area contributed by atoms with Crippen LogP contribution in [-0.2, 0) is 41.6 Å². The van der Waals surface area contributed by atoms with E-state index in [9.17, 15) is 19.2 Å². The smallest absolute Gasteiger partial charge is 0.408 e. The van der Waals surface area contributed by atoms with Gasteiger partial charge in [0, 0.05) is 37.5 Å². The van der Waals surface area contributed by atoms with Crippen molar-refractivity contribution in [2.45, 2.75) is 70.4 Å². The summed E-state index contributed by atoms with van der Waals surface area (Å²) in [4.78, 5) is 61.0. The second-order valence-electron chi connectivity index (χ2n) is 12.8. The fraction of sp³-hybridized carbons (Fsp3) is 0.485. The number of ether oxygens (including phenoxy) is 3. The van der Waals surface area contributed by atoms with Crippen LogP contribution in [0.3, 0.4) is 0 Å². The Labute approximate surface area is 264 Å². The summed E-state index contributed by atoms with van der Waals surface area (Å²) in [6, 6.07) is 13.9. The van der Waals surface area contributed by atoms with Crippen molar-refractivity contribution in [1.82, 2.24) is 25.4 Å². The molecule has 0 radical (unpaired) electrons. The van der Waals surface area contributed by atoms with Crippen molar-refractivity contribution in [3.05, 3.63) is 77.8 Å². The Morgan fingerprint density at radius 1 is 1.02 bits per heavy atom. The van der Waals surface area contributed by atoms with E-state index < -0.39 is 34.7 Å². The molecule has 1 aromatic carbocycles. The van der Waals surface area contributed by atoms with E-state index in [0.717, 1.165) is 11.3 Å². The van der Waals surface area contributed by atoms with Crippen LogP contribution in [0.25, 0.3) is 0 Å². The first-order valence-corrected chi connectivity index (χ1v) is 14.9. The number of hydrogen-bond donors (Lipinski definition) is 2. The predicted molar refractivity (Wildman–Crippen MR) is 166 cm³/mol. The summed E-state index contributed by atoms with van der Waals surface area (Å²) in [6.45, 7) is 8.95. The van der Waals surface area contributed by atoms with Gasteiger partial charge in [-0.3, -0.25) is 19.4 Å². The molecule has 1 fully saturated rings. The summed E-state index contributed by atoms with van der Waals surface area (Å²) in [5, 5.41) is 5.39. The van der Waals surface area contributed by atoms with Gasteiger partial charge in [0.25, 0.3) is 5.91 Å². The first-order valence-electron chi connectivity index (χ1n) is 14.9. The SMILES string of the molecule is COC1=CC(=O)N2CCN(C(=O)[C@@H](COCc3ccccc3)NC(=O)C(C)(C)NC(=O)OC(C)(C)C)C[C@]12Cc1ccccn1. The summed E-state index contributed by atoms with van der Waals surface area (Å²) in [5.41, 5.74) is -1.50. The number of benzene rings is 1. The average molecular weight is 622 g/mol. The van der Waals surface area contributed by atoms with Crippen LogP contribution < -0.4 is 10.6 Å². The van der Waals surface area contributed by atoms with Crippen molar-refractivity contribution in [1.29, 1.82) is 0 Å². The number of rotatable bonds is 11. The Morgan fingerprint density at radius 2 is 1.73 bits per heavy atom. The van der Waals surface area contributed by atoms with Crippen LogP contribution in [0.15, 0.2) is 66.6 Å². The zero-order chi connectivity index (χ0) is 32.8. The number of hydrogen-bond acceptors (Lipinski definition) is 8. The summed E-state index contributed by atoms with van der Waals surface area (Å²) < 4.78 is 17.0. The summed E-state index contributed by atoms with van der Waals surface area (Å²) in [6.07, 6.45) is 2.71. The van der Waals surface area contributed by atoms with Gasteiger partial charge in [-0.2, -0.15) is 0 Å². The summed E-state index contributed by atoms with van der Waals surface area (Å²) in [5.74, 6) is -0.732. The molecule has 0 unspecified atom stereocenters. The minimum Gasteiger partial charge on any atom is -0.498 e. The molecule has 12 nitrogen and oxygen atoms in total. The van der Waals surface area contributed by atoms with E-state index in [1.54, 1.807) is 36.8 Å². The Bertz CT molecular complexity index is 1410. The maximum absolute atomic E-state index is 14.2. The van der Waals surface area contributed by atoms with E-state index >= 15 is 0 Å². The minimum atomic E-state index is -1.41. The predicted octanol–water partition coefficient (Wildman–Crippen LogP) is 2.58. The largest absolute Gasteiger partial charge is 0.498 e. The molecule has 4 amide bonds. The maximum atomic E-state index is 14.2. The minimum absolute atomic E-state index is 0.123. The normalized spacial score (nSPS) is 18.9. The molecule has 2 aromatic rings. The van der Waals surface area contributed by atoms with E-state index in [1.807, 2.05) is 48.5 Å². The van der Waals surface area contributed by atoms with Crippen LogP contribution >= 0.6 is 0 Å². The van der Waals surface area contributed by atoms with Crippen LogP contribution in [-0.4, -0.2) is 94.7 Å². The number of nitrogens with zero attached hydrogens (tertiary/aromatic N) is 3. The van der Waals surface area contributed by atoms with Gasteiger partial charge in [0.05, 0.1) is 26.9 Å². The van der Waals surface area contributed by atoms with Crippen LogP contribution in [0.5, 0.6) is 0 Å². The molecule has 2 aliphatic rings. The van der Waals surface area contributed by atoms with Gasteiger partial charge in [-0.05, 0) is 52.3 Å². The highest BCUT2D eigenvalue weighted by Gasteiger charge is 2.53. The number of fused-ring (bicyclic) bond motifs is 1. The van der Waals surface area contributed by atoms with Gasteiger partial charge in [-0.25, -0.2) is 4.79 Å². The lowest BCUT2D eigenvalue weighted by Crippen LogP contribution is -2.67. The summed E-state index contributed by atoms with van der Waals surface area (Å²) in [7, 11) is 1.50. The lowest BCUT2D eigenvalue weighted by atomic mass is 9.87. The third-order valence-corrected chi connectivity index (χ3v) is 7.65. The molecule has 4 rings (SSSR count). The molecule has 242 valence electrons. The lowest BCUT2D eigenvalue weighted by Gasteiger charge is -2.48. The van der Waals surface area contributed by atoms with Crippen LogP contribution in [0.2, 0.25) is 0 Å². The molecule has 0 bridgehead atoms. The number of carbonyl (C=O) groups is 4. The fourth-order valence-electron chi connectivity index (χ4n) is 5.47. The van der Waals surface area contributed by atoms with E-state index in [-0.39, 0.29) is 44.7 Å². The second-order valence-corrected chi connectivity index (χ2v) is 12.8. The van der Waals surface area contributed by atoms with Crippen molar-refractivity contribution >= 4 is 23.8 Å². The molecular weight excluding hydrogens is 578 g/mol. The van der Waals surface area contributed by atoms with Gasteiger partial charge in [-0.1, -0.05) is 36.4 Å². The lowest BCUT2D eigenvalue weighted by molar-refractivity contribution is -0.147. The maximum Gasteiger partial charge on any atom is 0.408 e. The van der Waals surface area contributed by atoms with Crippen LogP contribution in [0.1, 0.15) is 45.9 Å². The molecule has 2 N–H and O–H groups in total. The number of alkyl carbamates (subject to hydrolysis) is 1. The third-order valence-electron chi connectivity index (χ3n) is 7.65. The van der Waals surface area contributed by atoms with Crippen LogP contribution in [0, 0.1) is 0 Å². The number of amides is 4. The number of piperazine rings is 1. The standard InChI is InChI=1S/C33H43N5O7/c1-31(2,3)45-30(42)36-32(4,5)29(41)35-25(21-44-20-23-12-8-7-9-13-23)28(40)37-16-17-38-27(39)18-26(43-6)33(38,22-37)19-24-14-10-11-15-34-24/h7-15,18,25H,16-17,19-22H2,1-6H3,(H,35,41)(H,36,42)/t25-,33-/m1/s1. The second kappa shape index (κ2) is 13.7. The van der Waals surface area contributed by atoms with E-state index in [4.69, 9.17) is 14.2 Å². The topological polar surface area (TPSA) is 139 Å². The van der Waals surface area contributed by atoms with Crippen molar-refractivity contribution in [3.63, 3.8) is 0 Å². The number of nitrogens with one attached hydrogen (secondary N) is 2. The molecule has 2 aliphatic heterocycles. The molecule has 3 heterocycles. The zero-order valence-electron chi connectivity index (χ0n) is 26.8. The van der Waals surface area contributed by atoms with E-state index in [1.165, 1.54) is 27.0 Å². The van der Waals surface area contributed by atoms with E-state index in [0.29, 0.717) is 12.2 Å². The van der Waals surface area contributed by atoms with Crippen molar-refractivity contribution in [3.8, 4) is 0 Å². The molecule has 1 aromatic heterocycles. The van der Waals surface area contributed by atoms with E-state index in [2.05, 4.69) is 15.6 Å². The number of pyridine rings is 1. The van der Waals surface area contributed by atoms with Gasteiger partial charge in [0.1, 0.15) is 28.5 Å². The molecule has 1 saturated heterocycles. The molecule has 0 saturated carbocycles. The first-order chi connectivity index (χ1) is 21.2. The Kier molecular flexibility index (Phi) is 10.2. The highest BCUT2D eigenvalue weighted by Crippen LogP contribution is 2.38. The first kappa shape index (κ1) is 33.4. The van der Waals surface area contributed by atoms with Gasteiger partial charge in [-0.15, -0.1) is 0 Å². The molecule has 2 atom stereocenters. The molecule has 0 aliphatic carbocycles. The van der Waals surface area contributed by atoms with Crippen molar-refractivity contribution in [2.24, 2.45) is 0 Å². The molecule has 45 heavy (non-hydrogen) atoms. The van der Waals surface area contributed by atoms with Gasteiger partial charge in [0.2, 0.25) is 11.8 Å². The molecular formula is C33H43N5O7. The molecule has 12 heteroatoms. The highest BCUT2D eigenvalue weighted by atomic mass is 16.6.